The van der Waals surface area contributed by atoms with Crippen molar-refractivity contribution in [3.63, 3.8) is 0 Å². The van der Waals surface area contributed by atoms with E-state index < -0.39 is 11.7 Å². The monoisotopic (exact) mass is 409 g/mol. The number of benzene rings is 2. The largest absolute Gasteiger partial charge is 0.467 e. The van der Waals surface area contributed by atoms with Gasteiger partial charge >= 0.3 is 0 Å². The molecule has 0 aliphatic carbocycles. The van der Waals surface area contributed by atoms with Crippen LogP contribution in [-0.4, -0.2) is 15.5 Å². The molecule has 0 saturated heterocycles. The van der Waals surface area contributed by atoms with Gasteiger partial charge in [-0.15, -0.1) is 0 Å². The SMILES string of the molecule is Cc1ccc(NC(=O)c2ccc3c(=O)n(Cc4ccco4)c(=S)[nH]c3c2)cc1F. The predicted octanol–water partition coefficient (Wildman–Crippen LogP) is 4.40. The molecule has 0 bridgehead atoms. The van der Waals surface area contributed by atoms with Gasteiger partial charge in [-0.05, 0) is 67.2 Å². The van der Waals surface area contributed by atoms with Crippen molar-refractivity contribution >= 4 is 34.7 Å². The number of aromatic amines is 1. The normalized spacial score (nSPS) is 11.0. The summed E-state index contributed by atoms with van der Waals surface area (Å²) in [6.07, 6.45) is 1.53. The van der Waals surface area contributed by atoms with Crippen LogP contribution in [0, 0.1) is 17.5 Å². The van der Waals surface area contributed by atoms with Gasteiger partial charge in [0.2, 0.25) is 0 Å². The number of anilines is 1. The van der Waals surface area contributed by atoms with Gasteiger partial charge in [-0.25, -0.2) is 4.39 Å². The lowest BCUT2D eigenvalue weighted by atomic mass is 10.1. The number of hydrogen-bond acceptors (Lipinski definition) is 4. The fraction of sp³-hybridized carbons (Fsp3) is 0.0952. The number of hydrogen-bond donors (Lipinski definition) is 2. The van der Waals surface area contributed by atoms with Gasteiger partial charge in [0.05, 0.1) is 23.7 Å². The Kier molecular flexibility index (Phi) is 4.85. The highest BCUT2D eigenvalue weighted by Gasteiger charge is 2.12. The zero-order chi connectivity index (χ0) is 20.5. The molecule has 0 fully saturated rings. The summed E-state index contributed by atoms with van der Waals surface area (Å²) in [4.78, 5) is 28.3. The smallest absolute Gasteiger partial charge is 0.262 e. The van der Waals surface area contributed by atoms with Crippen molar-refractivity contribution in [2.45, 2.75) is 13.5 Å². The molecule has 8 heteroatoms. The minimum absolute atomic E-state index is 0.207. The molecule has 29 heavy (non-hydrogen) atoms. The Bertz CT molecular complexity index is 1340. The first kappa shape index (κ1) is 18.8. The number of furan rings is 1. The molecule has 0 radical (unpaired) electrons. The highest BCUT2D eigenvalue weighted by molar-refractivity contribution is 7.71. The third kappa shape index (κ3) is 3.74. The van der Waals surface area contributed by atoms with Gasteiger partial charge < -0.3 is 14.7 Å². The second-order valence-electron chi connectivity index (χ2n) is 6.58. The molecule has 0 aliphatic rings. The van der Waals surface area contributed by atoms with Gasteiger partial charge in [0.1, 0.15) is 11.6 Å². The van der Waals surface area contributed by atoms with Crippen molar-refractivity contribution in [2.75, 3.05) is 5.32 Å². The van der Waals surface area contributed by atoms with E-state index >= 15 is 0 Å². The van der Waals surface area contributed by atoms with Crippen LogP contribution in [0.2, 0.25) is 0 Å². The van der Waals surface area contributed by atoms with E-state index in [2.05, 4.69) is 10.3 Å². The summed E-state index contributed by atoms with van der Waals surface area (Å²) < 4.78 is 20.6. The van der Waals surface area contributed by atoms with E-state index in [1.807, 2.05) is 0 Å². The first-order chi connectivity index (χ1) is 13.9. The molecular formula is C21H16FN3O3S. The Morgan fingerprint density at radius 1 is 1.24 bits per heavy atom. The van der Waals surface area contributed by atoms with Crippen LogP contribution in [0.3, 0.4) is 0 Å². The van der Waals surface area contributed by atoms with Crippen molar-refractivity contribution in [2.24, 2.45) is 0 Å². The molecule has 2 heterocycles. The Morgan fingerprint density at radius 2 is 2.07 bits per heavy atom. The second-order valence-corrected chi connectivity index (χ2v) is 6.97. The zero-order valence-electron chi connectivity index (χ0n) is 15.4. The number of fused-ring (bicyclic) bond motifs is 1. The van der Waals surface area contributed by atoms with Crippen molar-refractivity contribution in [3.8, 4) is 0 Å². The lowest BCUT2D eigenvalue weighted by molar-refractivity contribution is 0.102. The molecule has 1 amide bonds. The maximum atomic E-state index is 13.7. The minimum Gasteiger partial charge on any atom is -0.467 e. The first-order valence-electron chi connectivity index (χ1n) is 8.79. The molecule has 0 unspecified atom stereocenters. The van der Waals surface area contributed by atoms with E-state index in [1.54, 1.807) is 43.3 Å². The second kappa shape index (κ2) is 7.48. The maximum Gasteiger partial charge on any atom is 0.262 e. The Balaban J connectivity index is 1.67. The van der Waals surface area contributed by atoms with Crippen LogP contribution in [0.25, 0.3) is 10.9 Å². The number of aromatic nitrogens is 2. The molecule has 0 aliphatic heterocycles. The number of H-pyrrole nitrogens is 1. The van der Waals surface area contributed by atoms with E-state index in [1.165, 1.54) is 23.0 Å². The van der Waals surface area contributed by atoms with Crippen LogP contribution in [0.1, 0.15) is 21.7 Å². The summed E-state index contributed by atoms with van der Waals surface area (Å²) in [5.41, 5.74) is 1.31. The van der Waals surface area contributed by atoms with E-state index in [0.717, 1.165) is 0 Å². The van der Waals surface area contributed by atoms with Gasteiger partial charge in [0, 0.05) is 11.3 Å². The van der Waals surface area contributed by atoms with Crippen molar-refractivity contribution in [1.82, 2.24) is 9.55 Å². The molecule has 2 aromatic carbocycles. The molecule has 2 aromatic heterocycles. The molecule has 0 spiro atoms. The number of halogens is 1. The van der Waals surface area contributed by atoms with Gasteiger partial charge in [-0.1, -0.05) is 6.07 Å². The molecule has 4 aromatic rings. The number of rotatable bonds is 4. The fourth-order valence-electron chi connectivity index (χ4n) is 2.97. The van der Waals surface area contributed by atoms with Crippen LogP contribution in [0.15, 0.2) is 64.0 Å². The van der Waals surface area contributed by atoms with E-state index in [4.69, 9.17) is 16.6 Å². The lowest BCUT2D eigenvalue weighted by Gasteiger charge is -2.09. The van der Waals surface area contributed by atoms with Crippen molar-refractivity contribution in [3.05, 3.63) is 92.6 Å². The first-order valence-corrected chi connectivity index (χ1v) is 9.20. The third-order valence-corrected chi connectivity index (χ3v) is 4.89. The highest BCUT2D eigenvalue weighted by atomic mass is 32.1. The molecule has 6 nitrogen and oxygen atoms in total. The summed E-state index contributed by atoms with van der Waals surface area (Å²) >= 11 is 5.30. The Hall–Kier alpha value is -3.52. The number of nitrogens with one attached hydrogen (secondary N) is 2. The summed E-state index contributed by atoms with van der Waals surface area (Å²) in [5.74, 6) is -0.219. The number of carbonyl (C=O) groups is 1. The number of carbonyl (C=O) groups excluding carboxylic acids is 1. The van der Waals surface area contributed by atoms with Crippen molar-refractivity contribution < 1.29 is 13.6 Å². The lowest BCUT2D eigenvalue weighted by Crippen LogP contribution is -2.23. The average Bonchev–Trinajstić information content (AvgIpc) is 3.21. The van der Waals surface area contributed by atoms with Gasteiger partial charge in [0.25, 0.3) is 11.5 Å². The topological polar surface area (TPSA) is 80.0 Å². The van der Waals surface area contributed by atoms with Gasteiger partial charge in [-0.2, -0.15) is 0 Å². The van der Waals surface area contributed by atoms with Crippen LogP contribution in [-0.2, 0) is 6.54 Å². The molecule has 146 valence electrons. The van der Waals surface area contributed by atoms with E-state index in [0.29, 0.717) is 33.5 Å². The minimum atomic E-state index is -0.422. The van der Waals surface area contributed by atoms with E-state index in [9.17, 15) is 14.0 Å². The standard InChI is InChI=1S/C21H16FN3O3S/c1-12-4-6-14(10-17(12)22)23-19(26)13-5-7-16-18(9-13)24-21(29)25(20(16)27)11-15-3-2-8-28-15/h2-10H,11H2,1H3,(H,23,26)(H,24,29). The molecule has 0 atom stereocenters. The number of nitrogens with zero attached hydrogens (tertiary/aromatic N) is 1. The van der Waals surface area contributed by atoms with Gasteiger partial charge in [0.15, 0.2) is 4.77 Å². The van der Waals surface area contributed by atoms with Crippen molar-refractivity contribution in [1.29, 1.82) is 0 Å². The molecule has 4 rings (SSSR count). The summed E-state index contributed by atoms with van der Waals surface area (Å²) in [5, 5.41) is 3.04. The highest BCUT2D eigenvalue weighted by Crippen LogP contribution is 2.17. The fourth-order valence-corrected chi connectivity index (χ4v) is 3.23. The average molecular weight is 409 g/mol. The third-order valence-electron chi connectivity index (χ3n) is 4.57. The Morgan fingerprint density at radius 3 is 2.79 bits per heavy atom. The summed E-state index contributed by atoms with van der Waals surface area (Å²) in [6, 6.07) is 12.6. The number of amides is 1. The molecular weight excluding hydrogens is 393 g/mol. The summed E-state index contributed by atoms with van der Waals surface area (Å²) in [6.45, 7) is 1.85. The predicted molar refractivity (Wildman–Crippen MR) is 110 cm³/mol. The zero-order valence-corrected chi connectivity index (χ0v) is 16.2. The molecule has 2 N–H and O–H groups in total. The van der Waals surface area contributed by atoms with Crippen LogP contribution in [0.5, 0.6) is 0 Å². The van der Waals surface area contributed by atoms with Gasteiger partial charge in [-0.3, -0.25) is 14.2 Å². The maximum absolute atomic E-state index is 13.7. The quantitative estimate of drug-likeness (QED) is 0.490. The number of aryl methyl sites for hydroxylation is 1. The van der Waals surface area contributed by atoms with Crippen LogP contribution >= 0.6 is 12.2 Å². The van der Waals surface area contributed by atoms with E-state index in [-0.39, 0.29) is 16.9 Å². The Labute approximate surface area is 169 Å². The molecule has 0 saturated carbocycles. The van der Waals surface area contributed by atoms with Crippen LogP contribution in [0.4, 0.5) is 10.1 Å². The van der Waals surface area contributed by atoms with Crippen LogP contribution < -0.4 is 10.9 Å². The summed E-state index contributed by atoms with van der Waals surface area (Å²) in [7, 11) is 0.